The Balaban J connectivity index is 2.17. The van der Waals surface area contributed by atoms with E-state index in [1.807, 2.05) is 0 Å². The molecule has 0 aliphatic heterocycles. The van der Waals surface area contributed by atoms with Gasteiger partial charge in [-0.25, -0.2) is 18.7 Å². The third-order valence-electron chi connectivity index (χ3n) is 3.99. The van der Waals surface area contributed by atoms with E-state index in [9.17, 15) is 31.5 Å². The minimum Gasteiger partial charge on any atom is -0.349 e. The van der Waals surface area contributed by atoms with Crippen LogP contribution in [0, 0.1) is 11.6 Å². The molecule has 12 heteroatoms. The fraction of sp³-hybridized carbons (Fsp3) is 0.222. The summed E-state index contributed by atoms with van der Waals surface area (Å²) in [5.74, 6) is -3.69. The molecule has 0 saturated heterocycles. The van der Waals surface area contributed by atoms with Crippen LogP contribution in [0.25, 0.3) is 16.9 Å². The van der Waals surface area contributed by atoms with E-state index in [1.54, 1.807) is 0 Å². The lowest BCUT2D eigenvalue weighted by molar-refractivity contribution is -0.138. The van der Waals surface area contributed by atoms with Crippen molar-refractivity contribution in [1.29, 1.82) is 0 Å². The molecule has 0 aliphatic rings. The Morgan fingerprint density at radius 3 is 2.63 bits per heavy atom. The van der Waals surface area contributed by atoms with Crippen LogP contribution in [0.5, 0.6) is 0 Å². The molecule has 0 radical (unpaired) electrons. The van der Waals surface area contributed by atoms with Crippen molar-refractivity contribution in [2.45, 2.75) is 25.6 Å². The number of hydrogen-bond acceptors (Lipinski definition) is 4. The van der Waals surface area contributed by atoms with Gasteiger partial charge in [0.1, 0.15) is 16.5 Å². The number of halogens is 6. The predicted molar refractivity (Wildman–Crippen MR) is 97.7 cm³/mol. The normalized spacial score (nSPS) is 12.8. The van der Waals surface area contributed by atoms with Crippen molar-refractivity contribution in [2.75, 3.05) is 0 Å². The van der Waals surface area contributed by atoms with Gasteiger partial charge in [-0.05, 0) is 19.1 Å². The molecule has 0 spiro atoms. The number of carbonyl (C=O) groups excluding carboxylic acids is 1. The number of nitrogens with zero attached hydrogens (tertiary/aromatic N) is 3. The Hall–Kier alpha value is -3.08. The molecular formula is C18H12ClF5N4O2. The second-order valence-electron chi connectivity index (χ2n) is 6.40. The summed E-state index contributed by atoms with van der Waals surface area (Å²) < 4.78 is 66.0. The Morgan fingerprint density at radius 1 is 1.30 bits per heavy atom. The van der Waals surface area contributed by atoms with Gasteiger partial charge in [-0.2, -0.15) is 13.2 Å². The maximum Gasteiger partial charge on any atom is 0.391 e. The minimum atomic E-state index is -4.53. The average molecular weight is 447 g/mol. The molecule has 30 heavy (non-hydrogen) atoms. The largest absolute Gasteiger partial charge is 0.391 e. The molecule has 0 unspecified atom stereocenters. The third kappa shape index (κ3) is 4.56. The van der Waals surface area contributed by atoms with Crippen molar-refractivity contribution in [1.82, 2.24) is 19.9 Å². The number of aromatic nitrogens is 3. The van der Waals surface area contributed by atoms with Gasteiger partial charge in [-0.1, -0.05) is 11.6 Å². The van der Waals surface area contributed by atoms with Gasteiger partial charge in [0.15, 0.2) is 17.3 Å². The van der Waals surface area contributed by atoms with Crippen molar-refractivity contribution in [2.24, 2.45) is 0 Å². The van der Waals surface area contributed by atoms with Crippen molar-refractivity contribution in [3.05, 3.63) is 63.2 Å². The van der Waals surface area contributed by atoms with E-state index in [-0.39, 0.29) is 16.2 Å². The summed E-state index contributed by atoms with van der Waals surface area (Å²) in [6.45, 7) is 1.12. The first-order valence-corrected chi connectivity index (χ1v) is 8.75. The molecule has 158 valence electrons. The SMILES string of the molecule is C[C@H](CC(F)(F)F)NC(=O)c1cn(-c2ncc(F)cc2F)c2nc(Cl)ccc2c1=O. The minimum absolute atomic E-state index is 0.0610. The van der Waals surface area contributed by atoms with Crippen LogP contribution in [0.3, 0.4) is 0 Å². The topological polar surface area (TPSA) is 76.9 Å². The fourth-order valence-electron chi connectivity index (χ4n) is 2.79. The first kappa shape index (κ1) is 21.6. The number of carbonyl (C=O) groups is 1. The summed E-state index contributed by atoms with van der Waals surface area (Å²) in [4.78, 5) is 32.7. The number of fused-ring (bicyclic) bond motifs is 1. The molecule has 0 saturated carbocycles. The molecule has 0 fully saturated rings. The van der Waals surface area contributed by atoms with Gasteiger partial charge in [-0.3, -0.25) is 14.2 Å². The van der Waals surface area contributed by atoms with Crippen molar-refractivity contribution < 1.29 is 26.7 Å². The standard InChI is InChI=1S/C18H12ClF5N4O2/c1-8(5-18(22,23)24)26-17(30)11-7-28(16-12(21)4-9(20)6-25-16)15-10(14(11)29)2-3-13(19)27-15/h2-4,6-8H,5H2,1H3,(H,26,30)/t8-/m1/s1. The van der Waals surface area contributed by atoms with Crippen LogP contribution in [0.2, 0.25) is 5.15 Å². The summed E-state index contributed by atoms with van der Waals surface area (Å²) in [5.41, 5.74) is -1.61. The third-order valence-corrected chi connectivity index (χ3v) is 4.20. The average Bonchev–Trinajstić information content (AvgIpc) is 2.61. The molecule has 3 aromatic heterocycles. The molecule has 1 N–H and O–H groups in total. The van der Waals surface area contributed by atoms with Crippen molar-refractivity contribution in [3.63, 3.8) is 0 Å². The van der Waals surface area contributed by atoms with Gasteiger partial charge in [-0.15, -0.1) is 0 Å². The summed E-state index contributed by atoms with van der Waals surface area (Å²) in [7, 11) is 0. The van der Waals surface area contributed by atoms with E-state index in [0.29, 0.717) is 12.3 Å². The lowest BCUT2D eigenvalue weighted by Gasteiger charge is -2.17. The lowest BCUT2D eigenvalue weighted by atomic mass is 10.1. The van der Waals surface area contributed by atoms with Crippen LogP contribution >= 0.6 is 11.6 Å². The molecule has 6 nitrogen and oxygen atoms in total. The van der Waals surface area contributed by atoms with Crippen LogP contribution in [0.4, 0.5) is 22.0 Å². The van der Waals surface area contributed by atoms with Crippen molar-refractivity contribution >= 4 is 28.5 Å². The van der Waals surface area contributed by atoms with Crippen LogP contribution in [-0.4, -0.2) is 32.7 Å². The molecule has 3 rings (SSSR count). The smallest absolute Gasteiger partial charge is 0.349 e. The number of amides is 1. The summed E-state index contributed by atoms with van der Waals surface area (Å²) in [6, 6.07) is 1.67. The first-order chi connectivity index (χ1) is 14.0. The van der Waals surface area contributed by atoms with Crippen molar-refractivity contribution in [3.8, 4) is 5.82 Å². The number of hydrogen-bond donors (Lipinski definition) is 1. The summed E-state index contributed by atoms with van der Waals surface area (Å²) >= 11 is 5.84. The fourth-order valence-corrected chi connectivity index (χ4v) is 2.93. The number of pyridine rings is 3. The highest BCUT2D eigenvalue weighted by Gasteiger charge is 2.31. The zero-order chi connectivity index (χ0) is 22.2. The quantitative estimate of drug-likeness (QED) is 0.489. The zero-order valence-corrected chi connectivity index (χ0v) is 15.9. The number of alkyl halides is 3. The highest BCUT2D eigenvalue weighted by atomic mass is 35.5. The Bertz CT molecular complexity index is 1200. The van der Waals surface area contributed by atoms with E-state index in [1.165, 1.54) is 12.1 Å². The highest BCUT2D eigenvalue weighted by Crippen LogP contribution is 2.22. The molecule has 3 aromatic rings. The molecule has 0 aliphatic carbocycles. The zero-order valence-electron chi connectivity index (χ0n) is 15.1. The first-order valence-electron chi connectivity index (χ1n) is 8.37. The van der Waals surface area contributed by atoms with Gasteiger partial charge in [0.05, 0.1) is 18.0 Å². The molecule has 1 amide bonds. The lowest BCUT2D eigenvalue weighted by Crippen LogP contribution is -2.38. The molecule has 0 bridgehead atoms. The summed E-state index contributed by atoms with van der Waals surface area (Å²) in [5, 5.41) is 1.85. The van der Waals surface area contributed by atoms with E-state index in [4.69, 9.17) is 11.6 Å². The van der Waals surface area contributed by atoms with E-state index in [0.717, 1.165) is 17.7 Å². The molecule has 1 atom stereocenters. The van der Waals surface area contributed by atoms with E-state index < -0.39 is 53.0 Å². The second-order valence-corrected chi connectivity index (χ2v) is 6.79. The van der Waals surface area contributed by atoms with Gasteiger partial charge in [0.2, 0.25) is 5.43 Å². The highest BCUT2D eigenvalue weighted by molar-refractivity contribution is 6.29. The Labute approximate surface area is 170 Å². The van der Waals surface area contributed by atoms with Crippen LogP contribution in [0.1, 0.15) is 23.7 Å². The maximum atomic E-state index is 14.3. The van der Waals surface area contributed by atoms with E-state index in [2.05, 4.69) is 15.3 Å². The van der Waals surface area contributed by atoms with Gasteiger partial charge in [0.25, 0.3) is 5.91 Å². The Kier molecular flexibility index (Phi) is 5.75. The second kappa shape index (κ2) is 7.98. The molecular weight excluding hydrogens is 435 g/mol. The number of rotatable bonds is 4. The van der Waals surface area contributed by atoms with Crippen LogP contribution in [0.15, 0.2) is 35.4 Å². The summed E-state index contributed by atoms with van der Waals surface area (Å²) in [6.07, 6.45) is -4.27. The number of nitrogens with one attached hydrogen (secondary N) is 1. The monoisotopic (exact) mass is 446 g/mol. The molecule has 3 heterocycles. The Morgan fingerprint density at radius 2 is 2.00 bits per heavy atom. The van der Waals surface area contributed by atoms with Crippen LogP contribution in [-0.2, 0) is 0 Å². The van der Waals surface area contributed by atoms with Crippen LogP contribution < -0.4 is 10.7 Å². The molecule has 0 aromatic carbocycles. The van der Waals surface area contributed by atoms with Gasteiger partial charge in [0, 0.05) is 18.3 Å². The van der Waals surface area contributed by atoms with Gasteiger partial charge >= 0.3 is 6.18 Å². The predicted octanol–water partition coefficient (Wildman–Crippen LogP) is 3.78. The maximum absolute atomic E-state index is 14.3. The van der Waals surface area contributed by atoms with Gasteiger partial charge < -0.3 is 5.32 Å². The van der Waals surface area contributed by atoms with E-state index >= 15 is 0 Å².